The lowest BCUT2D eigenvalue weighted by Gasteiger charge is -2.05. The van der Waals surface area contributed by atoms with Crippen LogP contribution in [0.15, 0.2) is 30.5 Å². The number of hydrogen-bond donors (Lipinski definition) is 1. The highest BCUT2D eigenvalue weighted by molar-refractivity contribution is 6.30. The molecule has 0 aliphatic heterocycles. The first-order valence-electron chi connectivity index (χ1n) is 4.65. The second kappa shape index (κ2) is 4.25. The van der Waals surface area contributed by atoms with Crippen molar-refractivity contribution in [3.63, 3.8) is 0 Å². The van der Waals surface area contributed by atoms with Crippen molar-refractivity contribution in [1.82, 2.24) is 9.78 Å². The second-order valence-corrected chi connectivity index (χ2v) is 3.74. The Morgan fingerprint density at radius 3 is 2.88 bits per heavy atom. The summed E-state index contributed by atoms with van der Waals surface area (Å²) in [5.41, 5.74) is 1.20. The van der Waals surface area contributed by atoms with Gasteiger partial charge in [0.2, 0.25) is 0 Å². The molecule has 0 saturated carbocycles. The van der Waals surface area contributed by atoms with Gasteiger partial charge in [0.05, 0.1) is 11.3 Å². The summed E-state index contributed by atoms with van der Waals surface area (Å²) in [6, 6.07) is 8.98. The van der Waals surface area contributed by atoms with E-state index >= 15 is 0 Å². The molecule has 1 heterocycles. The van der Waals surface area contributed by atoms with Crippen molar-refractivity contribution in [1.29, 1.82) is 5.26 Å². The molecule has 5 heteroatoms. The van der Waals surface area contributed by atoms with Crippen molar-refractivity contribution in [2.45, 2.75) is 0 Å². The smallest absolute Gasteiger partial charge is 0.152 e. The maximum Gasteiger partial charge on any atom is 0.152 e. The first-order chi connectivity index (χ1) is 7.69. The van der Waals surface area contributed by atoms with Crippen molar-refractivity contribution in [2.24, 2.45) is 7.05 Å². The average molecular weight is 233 g/mol. The molecule has 2 aromatic rings. The average Bonchev–Trinajstić information content (AvgIpc) is 2.64. The van der Waals surface area contributed by atoms with E-state index in [4.69, 9.17) is 16.9 Å². The van der Waals surface area contributed by atoms with Gasteiger partial charge in [-0.25, -0.2) is 0 Å². The van der Waals surface area contributed by atoms with E-state index < -0.39 is 0 Å². The molecule has 16 heavy (non-hydrogen) atoms. The number of nitrogens with zero attached hydrogens (tertiary/aromatic N) is 3. The topological polar surface area (TPSA) is 53.6 Å². The molecule has 80 valence electrons. The number of aromatic nitrogens is 2. The van der Waals surface area contributed by atoms with Crippen LogP contribution in [0, 0.1) is 11.3 Å². The Morgan fingerprint density at radius 2 is 2.25 bits per heavy atom. The SMILES string of the molecule is Cn1ccc(Nc2cc(Cl)ccc2C#N)n1. The van der Waals surface area contributed by atoms with Gasteiger partial charge in [-0.1, -0.05) is 11.6 Å². The van der Waals surface area contributed by atoms with Crippen LogP contribution < -0.4 is 5.32 Å². The minimum atomic E-state index is 0.537. The molecule has 4 nitrogen and oxygen atoms in total. The molecule has 0 amide bonds. The van der Waals surface area contributed by atoms with Gasteiger partial charge in [0.15, 0.2) is 5.82 Å². The third-order valence-corrected chi connectivity index (χ3v) is 2.31. The standard InChI is InChI=1S/C11H9ClN4/c1-16-5-4-11(15-16)14-10-6-9(12)3-2-8(10)7-13/h2-6H,1H3,(H,14,15). The van der Waals surface area contributed by atoms with Gasteiger partial charge in [-0.15, -0.1) is 0 Å². The Kier molecular flexibility index (Phi) is 2.80. The monoisotopic (exact) mass is 232 g/mol. The molecule has 0 atom stereocenters. The summed E-state index contributed by atoms with van der Waals surface area (Å²) < 4.78 is 1.68. The fourth-order valence-corrected chi connectivity index (χ4v) is 1.51. The molecular formula is C11H9ClN4. The Hall–Kier alpha value is -1.99. The van der Waals surface area contributed by atoms with E-state index in [1.165, 1.54) is 0 Å². The predicted octanol–water partition coefficient (Wildman–Crippen LogP) is 2.69. The zero-order chi connectivity index (χ0) is 11.5. The molecule has 0 bridgehead atoms. The minimum Gasteiger partial charge on any atom is -0.338 e. The van der Waals surface area contributed by atoms with Gasteiger partial charge in [0.1, 0.15) is 6.07 Å². The second-order valence-electron chi connectivity index (χ2n) is 3.30. The van der Waals surface area contributed by atoms with Gasteiger partial charge in [0.25, 0.3) is 0 Å². The number of rotatable bonds is 2. The van der Waals surface area contributed by atoms with Crippen LogP contribution in [-0.2, 0) is 7.05 Å². The van der Waals surface area contributed by atoms with Crippen molar-refractivity contribution in [3.05, 3.63) is 41.0 Å². The lowest BCUT2D eigenvalue weighted by molar-refractivity contribution is 0.771. The lowest BCUT2D eigenvalue weighted by Crippen LogP contribution is -1.96. The highest BCUT2D eigenvalue weighted by Gasteiger charge is 2.04. The van der Waals surface area contributed by atoms with Crippen LogP contribution in [0.3, 0.4) is 0 Å². The highest BCUT2D eigenvalue weighted by Crippen LogP contribution is 2.23. The fourth-order valence-electron chi connectivity index (χ4n) is 1.34. The van der Waals surface area contributed by atoms with E-state index in [0.29, 0.717) is 22.1 Å². The number of nitrogens with one attached hydrogen (secondary N) is 1. The van der Waals surface area contributed by atoms with Crippen LogP contribution in [0.2, 0.25) is 5.02 Å². The largest absolute Gasteiger partial charge is 0.338 e. The zero-order valence-corrected chi connectivity index (χ0v) is 9.36. The molecule has 1 aromatic carbocycles. The number of nitriles is 1. The van der Waals surface area contributed by atoms with Crippen LogP contribution in [-0.4, -0.2) is 9.78 Å². The van der Waals surface area contributed by atoms with E-state index in [1.54, 1.807) is 22.9 Å². The molecule has 1 aromatic heterocycles. The lowest BCUT2D eigenvalue weighted by atomic mass is 10.2. The Bertz CT molecular complexity index is 553. The molecule has 0 aliphatic carbocycles. The Labute approximate surface area is 98.1 Å². The first-order valence-corrected chi connectivity index (χ1v) is 5.03. The summed E-state index contributed by atoms with van der Waals surface area (Å²) in [6.45, 7) is 0. The van der Waals surface area contributed by atoms with E-state index in [2.05, 4.69) is 16.5 Å². The molecular weight excluding hydrogens is 224 g/mol. The summed E-state index contributed by atoms with van der Waals surface area (Å²) in [6.07, 6.45) is 1.82. The quantitative estimate of drug-likeness (QED) is 0.866. The molecule has 0 unspecified atom stereocenters. The number of benzene rings is 1. The van der Waals surface area contributed by atoms with Gasteiger partial charge >= 0.3 is 0 Å². The molecule has 0 saturated heterocycles. The normalized spacial score (nSPS) is 9.81. The van der Waals surface area contributed by atoms with Crippen LogP contribution >= 0.6 is 11.6 Å². The summed E-state index contributed by atoms with van der Waals surface area (Å²) in [4.78, 5) is 0. The Morgan fingerprint density at radius 1 is 1.44 bits per heavy atom. The van der Waals surface area contributed by atoms with Crippen molar-refractivity contribution in [2.75, 3.05) is 5.32 Å². The van der Waals surface area contributed by atoms with Crippen molar-refractivity contribution < 1.29 is 0 Å². The van der Waals surface area contributed by atoms with Crippen LogP contribution in [0.4, 0.5) is 11.5 Å². The van der Waals surface area contributed by atoms with E-state index in [9.17, 15) is 0 Å². The van der Waals surface area contributed by atoms with E-state index in [-0.39, 0.29) is 0 Å². The summed E-state index contributed by atoms with van der Waals surface area (Å²) >= 11 is 5.87. The molecule has 0 spiro atoms. The number of anilines is 2. The van der Waals surface area contributed by atoms with Crippen molar-refractivity contribution >= 4 is 23.1 Å². The maximum absolute atomic E-state index is 8.93. The molecule has 0 fully saturated rings. The van der Waals surface area contributed by atoms with Crippen LogP contribution in [0.5, 0.6) is 0 Å². The first kappa shape index (κ1) is 10.5. The molecule has 0 aliphatic rings. The van der Waals surface area contributed by atoms with Gasteiger partial charge in [-0.05, 0) is 18.2 Å². The third kappa shape index (κ3) is 2.15. The van der Waals surface area contributed by atoms with Crippen LogP contribution in [0.1, 0.15) is 5.56 Å². The summed E-state index contributed by atoms with van der Waals surface area (Å²) in [5, 5.41) is 16.7. The predicted molar refractivity (Wildman–Crippen MR) is 62.7 cm³/mol. The van der Waals surface area contributed by atoms with E-state index in [1.807, 2.05) is 19.3 Å². The minimum absolute atomic E-state index is 0.537. The highest BCUT2D eigenvalue weighted by atomic mass is 35.5. The number of hydrogen-bond acceptors (Lipinski definition) is 3. The van der Waals surface area contributed by atoms with Gasteiger partial charge in [-0.2, -0.15) is 10.4 Å². The molecule has 1 N–H and O–H groups in total. The van der Waals surface area contributed by atoms with Gasteiger partial charge in [0, 0.05) is 24.3 Å². The fraction of sp³-hybridized carbons (Fsp3) is 0.0909. The van der Waals surface area contributed by atoms with E-state index in [0.717, 1.165) is 0 Å². The molecule has 2 rings (SSSR count). The molecule has 0 radical (unpaired) electrons. The Balaban J connectivity index is 2.34. The number of aryl methyl sites for hydroxylation is 1. The van der Waals surface area contributed by atoms with Gasteiger partial charge in [-0.3, -0.25) is 4.68 Å². The summed E-state index contributed by atoms with van der Waals surface area (Å²) in [7, 11) is 1.83. The maximum atomic E-state index is 8.93. The van der Waals surface area contributed by atoms with Gasteiger partial charge < -0.3 is 5.32 Å². The van der Waals surface area contributed by atoms with Crippen molar-refractivity contribution in [3.8, 4) is 6.07 Å². The van der Waals surface area contributed by atoms with Crippen LogP contribution in [0.25, 0.3) is 0 Å². The summed E-state index contributed by atoms with van der Waals surface area (Å²) in [5.74, 6) is 0.682. The zero-order valence-electron chi connectivity index (χ0n) is 8.61. The number of halogens is 1. The third-order valence-electron chi connectivity index (χ3n) is 2.08.